The summed E-state index contributed by atoms with van der Waals surface area (Å²) >= 11 is 5.23. The van der Waals surface area contributed by atoms with Crippen molar-refractivity contribution in [1.29, 1.82) is 0 Å². The van der Waals surface area contributed by atoms with Crippen molar-refractivity contribution < 1.29 is 4.79 Å². The molecule has 6 heteroatoms. The quantitative estimate of drug-likeness (QED) is 0.710. The van der Waals surface area contributed by atoms with Crippen molar-refractivity contribution in [1.82, 2.24) is 15.1 Å². The van der Waals surface area contributed by atoms with Crippen LogP contribution in [0.1, 0.15) is 16.2 Å². The van der Waals surface area contributed by atoms with Crippen LogP contribution in [0.5, 0.6) is 0 Å². The van der Waals surface area contributed by atoms with Crippen molar-refractivity contribution in [3.63, 3.8) is 0 Å². The second kappa shape index (κ2) is 7.27. The molecule has 1 aromatic heterocycles. The lowest BCUT2D eigenvalue weighted by Crippen LogP contribution is -2.34. The number of aryl methyl sites for hydroxylation is 2. The Kier molecular flexibility index (Phi) is 4.90. The number of hydrogen-bond donors (Lipinski definition) is 2. The van der Waals surface area contributed by atoms with E-state index in [1.807, 2.05) is 61.5 Å². The number of aromatic nitrogens is 2. The Morgan fingerprint density at radius 3 is 2.44 bits per heavy atom. The van der Waals surface area contributed by atoms with Crippen molar-refractivity contribution >= 4 is 28.9 Å². The van der Waals surface area contributed by atoms with E-state index < -0.39 is 0 Å². The third kappa shape index (κ3) is 4.10. The van der Waals surface area contributed by atoms with E-state index in [2.05, 4.69) is 15.7 Å². The molecule has 25 heavy (non-hydrogen) atoms. The largest absolute Gasteiger partial charge is 0.332 e. The lowest BCUT2D eigenvalue weighted by molar-refractivity contribution is 0.0972. The summed E-state index contributed by atoms with van der Waals surface area (Å²) in [5.74, 6) is -0.333. The molecule has 0 bridgehead atoms. The van der Waals surface area contributed by atoms with Crippen LogP contribution in [0.15, 0.2) is 60.7 Å². The number of thiocarbonyl (C=S) groups is 1. The summed E-state index contributed by atoms with van der Waals surface area (Å²) in [6, 6.07) is 19.6. The second-order valence-corrected chi connectivity index (χ2v) is 6.06. The lowest BCUT2D eigenvalue weighted by atomic mass is 10.1. The Balaban J connectivity index is 1.68. The molecule has 0 saturated heterocycles. The Bertz CT molecular complexity index is 899. The molecule has 1 amide bonds. The first-order chi connectivity index (χ1) is 12.0. The fourth-order valence-electron chi connectivity index (χ4n) is 2.41. The summed E-state index contributed by atoms with van der Waals surface area (Å²) in [4.78, 5) is 12.2. The van der Waals surface area contributed by atoms with Crippen LogP contribution in [0, 0.1) is 6.92 Å². The Morgan fingerprint density at radius 1 is 1.04 bits per heavy atom. The summed E-state index contributed by atoms with van der Waals surface area (Å²) in [6.07, 6.45) is 0. The molecule has 0 aliphatic rings. The van der Waals surface area contributed by atoms with Gasteiger partial charge < -0.3 is 5.32 Å². The third-order valence-corrected chi connectivity index (χ3v) is 4.01. The van der Waals surface area contributed by atoms with E-state index in [1.165, 1.54) is 0 Å². The number of nitrogens with one attached hydrogen (secondary N) is 2. The zero-order valence-electron chi connectivity index (χ0n) is 14.0. The number of carbonyl (C=O) groups excluding carboxylic acids is 1. The standard InChI is InChI=1S/C19H18N4OS/c1-13-11-17(22-23(13)2)18(24)21-19(25)20-16-10-6-9-15(12-16)14-7-4-3-5-8-14/h3-12H,1-2H3,(H2,20,21,24,25). The van der Waals surface area contributed by atoms with Gasteiger partial charge in [-0.15, -0.1) is 0 Å². The summed E-state index contributed by atoms with van der Waals surface area (Å²) in [7, 11) is 1.79. The van der Waals surface area contributed by atoms with Crippen molar-refractivity contribution in [3.8, 4) is 11.1 Å². The molecule has 0 unspecified atom stereocenters. The monoisotopic (exact) mass is 350 g/mol. The van der Waals surface area contributed by atoms with Crippen LogP contribution in [-0.4, -0.2) is 20.8 Å². The molecule has 2 N–H and O–H groups in total. The van der Waals surface area contributed by atoms with E-state index in [0.717, 1.165) is 22.5 Å². The molecular formula is C19H18N4OS. The summed E-state index contributed by atoms with van der Waals surface area (Å²) in [6.45, 7) is 1.88. The molecule has 1 heterocycles. The normalized spacial score (nSPS) is 10.3. The zero-order chi connectivity index (χ0) is 17.8. The molecule has 0 radical (unpaired) electrons. The molecule has 0 saturated carbocycles. The number of benzene rings is 2. The Labute approximate surface area is 151 Å². The Hall–Kier alpha value is -2.99. The Morgan fingerprint density at radius 2 is 1.76 bits per heavy atom. The highest BCUT2D eigenvalue weighted by Gasteiger charge is 2.12. The van der Waals surface area contributed by atoms with Crippen molar-refractivity contribution in [2.45, 2.75) is 6.92 Å². The minimum Gasteiger partial charge on any atom is -0.332 e. The minimum atomic E-state index is -0.333. The van der Waals surface area contributed by atoms with Crippen molar-refractivity contribution in [2.75, 3.05) is 5.32 Å². The average Bonchev–Trinajstić information content (AvgIpc) is 2.95. The number of amides is 1. The summed E-state index contributed by atoms with van der Waals surface area (Å²) in [5, 5.41) is 10.1. The molecule has 126 valence electrons. The maximum Gasteiger partial charge on any atom is 0.277 e. The van der Waals surface area contributed by atoms with Gasteiger partial charge in [-0.05, 0) is 48.5 Å². The lowest BCUT2D eigenvalue weighted by Gasteiger charge is -2.10. The van der Waals surface area contributed by atoms with E-state index >= 15 is 0 Å². The van der Waals surface area contributed by atoms with Crippen LogP contribution >= 0.6 is 12.2 Å². The third-order valence-electron chi connectivity index (χ3n) is 3.80. The molecule has 3 rings (SSSR count). The van der Waals surface area contributed by atoms with Gasteiger partial charge in [-0.1, -0.05) is 42.5 Å². The van der Waals surface area contributed by atoms with Crippen molar-refractivity contribution in [2.24, 2.45) is 7.05 Å². The fourth-order valence-corrected chi connectivity index (χ4v) is 2.62. The van der Waals surface area contributed by atoms with E-state index in [-0.39, 0.29) is 11.0 Å². The second-order valence-electron chi connectivity index (χ2n) is 5.65. The van der Waals surface area contributed by atoms with E-state index in [0.29, 0.717) is 5.69 Å². The topological polar surface area (TPSA) is 59.0 Å². The van der Waals surface area contributed by atoms with Gasteiger partial charge in [0.05, 0.1) is 0 Å². The van der Waals surface area contributed by atoms with Gasteiger partial charge in [-0.25, -0.2) is 0 Å². The molecule has 0 fully saturated rings. The predicted molar refractivity (Wildman–Crippen MR) is 104 cm³/mol. The first-order valence-electron chi connectivity index (χ1n) is 7.81. The van der Waals surface area contributed by atoms with E-state index in [1.54, 1.807) is 17.8 Å². The van der Waals surface area contributed by atoms with Gasteiger partial charge >= 0.3 is 0 Å². The van der Waals surface area contributed by atoms with Crippen LogP contribution in [-0.2, 0) is 7.05 Å². The maximum atomic E-state index is 12.2. The molecule has 3 aromatic rings. The molecule has 0 aliphatic heterocycles. The number of carbonyl (C=O) groups is 1. The first kappa shape index (κ1) is 16.9. The molecule has 0 atom stereocenters. The zero-order valence-corrected chi connectivity index (χ0v) is 14.8. The average molecular weight is 350 g/mol. The van der Waals surface area contributed by atoms with Crippen LogP contribution in [0.3, 0.4) is 0 Å². The number of rotatable bonds is 3. The fraction of sp³-hybridized carbons (Fsp3) is 0.105. The van der Waals surface area contributed by atoms with Crippen molar-refractivity contribution in [3.05, 3.63) is 72.1 Å². The first-order valence-corrected chi connectivity index (χ1v) is 8.22. The van der Waals surface area contributed by atoms with Gasteiger partial charge in [0.1, 0.15) is 0 Å². The van der Waals surface area contributed by atoms with Gasteiger partial charge in [0.2, 0.25) is 0 Å². The van der Waals surface area contributed by atoms with E-state index in [9.17, 15) is 4.79 Å². The highest BCUT2D eigenvalue weighted by molar-refractivity contribution is 7.80. The van der Waals surface area contributed by atoms with Crippen LogP contribution in [0.25, 0.3) is 11.1 Å². The van der Waals surface area contributed by atoms with Crippen LogP contribution in [0.4, 0.5) is 5.69 Å². The van der Waals surface area contributed by atoms with Gasteiger partial charge in [-0.2, -0.15) is 5.10 Å². The molecule has 5 nitrogen and oxygen atoms in total. The molecular weight excluding hydrogens is 332 g/mol. The number of nitrogens with zero attached hydrogens (tertiary/aromatic N) is 2. The van der Waals surface area contributed by atoms with Crippen LogP contribution in [0.2, 0.25) is 0 Å². The summed E-state index contributed by atoms with van der Waals surface area (Å²) in [5.41, 5.74) is 4.23. The molecule has 0 aliphatic carbocycles. The van der Waals surface area contributed by atoms with Gasteiger partial charge in [0.25, 0.3) is 5.91 Å². The minimum absolute atomic E-state index is 0.235. The maximum absolute atomic E-state index is 12.2. The highest BCUT2D eigenvalue weighted by Crippen LogP contribution is 2.22. The van der Waals surface area contributed by atoms with Gasteiger partial charge in [-0.3, -0.25) is 14.8 Å². The highest BCUT2D eigenvalue weighted by atomic mass is 32.1. The number of anilines is 1. The predicted octanol–water partition coefficient (Wildman–Crippen LogP) is 3.52. The molecule has 0 spiro atoms. The molecule has 2 aromatic carbocycles. The van der Waals surface area contributed by atoms with Gasteiger partial charge in [0, 0.05) is 18.4 Å². The van der Waals surface area contributed by atoms with E-state index in [4.69, 9.17) is 12.2 Å². The smallest absolute Gasteiger partial charge is 0.277 e. The van der Waals surface area contributed by atoms with Gasteiger partial charge in [0.15, 0.2) is 10.8 Å². The number of hydrogen-bond acceptors (Lipinski definition) is 3. The van der Waals surface area contributed by atoms with Crippen LogP contribution < -0.4 is 10.6 Å². The summed E-state index contributed by atoms with van der Waals surface area (Å²) < 4.78 is 1.65. The SMILES string of the molecule is Cc1cc(C(=O)NC(=S)Nc2cccc(-c3ccccc3)c2)nn1C.